The van der Waals surface area contributed by atoms with Gasteiger partial charge in [0.25, 0.3) is 0 Å². The smallest absolute Gasteiger partial charge is 0.123 e. The molecule has 2 rings (SSSR count). The summed E-state index contributed by atoms with van der Waals surface area (Å²) < 4.78 is 5.49. The van der Waals surface area contributed by atoms with Crippen molar-refractivity contribution in [2.75, 3.05) is 13.7 Å². The summed E-state index contributed by atoms with van der Waals surface area (Å²) in [7, 11) is 1.76. The first-order valence-corrected chi connectivity index (χ1v) is 6.53. The van der Waals surface area contributed by atoms with E-state index in [4.69, 9.17) is 4.74 Å². The van der Waals surface area contributed by atoms with Crippen molar-refractivity contribution in [3.63, 3.8) is 0 Å². The Labute approximate surface area is 104 Å². The number of methoxy groups -OCH3 is 1. The number of rotatable bonds is 3. The second-order valence-electron chi connectivity index (χ2n) is 5.46. The molecule has 1 saturated heterocycles. The first kappa shape index (κ1) is 12.4. The quantitative estimate of drug-likeness (QED) is 0.863. The summed E-state index contributed by atoms with van der Waals surface area (Å²) in [6, 6.07) is 7.04. The van der Waals surface area contributed by atoms with Gasteiger partial charge in [-0.05, 0) is 36.4 Å². The minimum Gasteiger partial charge on any atom is -0.496 e. The third kappa shape index (κ3) is 2.63. The fraction of sp³-hybridized carbons (Fsp3) is 0.600. The Morgan fingerprint density at radius 3 is 2.65 bits per heavy atom. The van der Waals surface area contributed by atoms with Crippen LogP contribution in [0.15, 0.2) is 18.2 Å². The Morgan fingerprint density at radius 1 is 1.35 bits per heavy atom. The topological polar surface area (TPSA) is 21.3 Å². The van der Waals surface area contributed by atoms with Gasteiger partial charge >= 0.3 is 0 Å². The van der Waals surface area contributed by atoms with E-state index in [0.29, 0.717) is 12.0 Å². The predicted molar refractivity (Wildman–Crippen MR) is 71.6 cm³/mol. The molecule has 0 radical (unpaired) electrons. The number of nitrogens with one attached hydrogen (secondary N) is 1. The maximum Gasteiger partial charge on any atom is 0.123 e. The van der Waals surface area contributed by atoms with Gasteiger partial charge in [0.1, 0.15) is 5.75 Å². The maximum absolute atomic E-state index is 5.49. The zero-order valence-electron chi connectivity index (χ0n) is 11.3. The van der Waals surface area contributed by atoms with Gasteiger partial charge in [0, 0.05) is 11.6 Å². The van der Waals surface area contributed by atoms with E-state index in [2.05, 4.69) is 44.3 Å². The molecule has 94 valence electrons. The molecule has 1 aromatic rings. The summed E-state index contributed by atoms with van der Waals surface area (Å²) >= 11 is 0. The fourth-order valence-corrected chi connectivity index (χ4v) is 2.53. The average molecular weight is 233 g/mol. The lowest BCUT2D eigenvalue weighted by Gasteiger charge is -2.17. The van der Waals surface area contributed by atoms with Crippen LogP contribution in [0.1, 0.15) is 50.3 Å². The number of hydrogen-bond acceptors (Lipinski definition) is 2. The lowest BCUT2D eigenvalue weighted by molar-refractivity contribution is 0.402. The van der Waals surface area contributed by atoms with Crippen LogP contribution in [-0.4, -0.2) is 13.7 Å². The summed E-state index contributed by atoms with van der Waals surface area (Å²) in [4.78, 5) is 0. The lowest BCUT2D eigenvalue weighted by atomic mass is 9.95. The van der Waals surface area contributed by atoms with Gasteiger partial charge in [-0.2, -0.15) is 0 Å². The highest BCUT2D eigenvalue weighted by atomic mass is 16.5. The largest absolute Gasteiger partial charge is 0.496 e. The minimum absolute atomic E-state index is 0.457. The van der Waals surface area contributed by atoms with Gasteiger partial charge < -0.3 is 10.1 Å². The molecule has 17 heavy (non-hydrogen) atoms. The van der Waals surface area contributed by atoms with Crippen molar-refractivity contribution in [3.05, 3.63) is 29.3 Å². The third-order valence-corrected chi connectivity index (χ3v) is 3.65. The van der Waals surface area contributed by atoms with Crippen molar-refractivity contribution >= 4 is 0 Å². The Bertz CT molecular complexity index is 387. The van der Waals surface area contributed by atoms with Gasteiger partial charge in [-0.15, -0.1) is 0 Å². The summed E-state index contributed by atoms with van der Waals surface area (Å²) in [6.45, 7) is 7.87. The molecule has 2 heteroatoms. The van der Waals surface area contributed by atoms with Gasteiger partial charge in [0.2, 0.25) is 0 Å². The Morgan fingerprint density at radius 2 is 2.12 bits per heavy atom. The molecule has 0 bridgehead atoms. The molecule has 2 atom stereocenters. The van der Waals surface area contributed by atoms with Crippen LogP contribution in [-0.2, 0) is 0 Å². The molecule has 0 spiro atoms. The molecule has 2 nitrogen and oxygen atoms in total. The molecule has 0 aromatic heterocycles. The predicted octanol–water partition coefficient (Wildman–Crippen LogP) is 3.49. The summed E-state index contributed by atoms with van der Waals surface area (Å²) in [5.41, 5.74) is 2.71. The molecule has 1 heterocycles. The standard InChI is InChI=1S/C15H23NO/c1-10(2)12-5-6-15(17-4)13(8-12)14-7-11(3)9-16-14/h5-6,8,10-11,14,16H,7,9H2,1-4H3/t11-,14-/m0/s1. The Kier molecular flexibility index (Phi) is 3.72. The molecular formula is C15H23NO. The molecule has 0 saturated carbocycles. The SMILES string of the molecule is COc1ccc(C(C)C)cc1[C@@H]1C[C@H](C)CN1. The van der Waals surface area contributed by atoms with Crippen LogP contribution in [0.2, 0.25) is 0 Å². The van der Waals surface area contributed by atoms with E-state index in [1.807, 2.05) is 0 Å². The maximum atomic E-state index is 5.49. The van der Waals surface area contributed by atoms with E-state index in [1.54, 1.807) is 7.11 Å². The summed E-state index contributed by atoms with van der Waals surface area (Å²) in [6.07, 6.45) is 1.21. The van der Waals surface area contributed by atoms with Gasteiger partial charge in [-0.25, -0.2) is 0 Å². The molecule has 1 aliphatic rings. The first-order chi connectivity index (χ1) is 8.11. The van der Waals surface area contributed by atoms with Crippen molar-refractivity contribution in [3.8, 4) is 5.75 Å². The molecule has 1 aromatic carbocycles. The molecular weight excluding hydrogens is 210 g/mol. The highest BCUT2D eigenvalue weighted by Crippen LogP contribution is 2.34. The monoisotopic (exact) mass is 233 g/mol. The van der Waals surface area contributed by atoms with Crippen molar-refractivity contribution < 1.29 is 4.74 Å². The van der Waals surface area contributed by atoms with E-state index in [0.717, 1.165) is 18.2 Å². The molecule has 1 aliphatic heterocycles. The van der Waals surface area contributed by atoms with E-state index in [-0.39, 0.29) is 0 Å². The summed E-state index contributed by atoms with van der Waals surface area (Å²) in [5.74, 6) is 2.34. The van der Waals surface area contributed by atoms with Gasteiger partial charge in [-0.3, -0.25) is 0 Å². The normalized spacial score (nSPS) is 24.3. The lowest BCUT2D eigenvalue weighted by Crippen LogP contribution is -2.14. The van der Waals surface area contributed by atoms with Crippen LogP contribution >= 0.6 is 0 Å². The average Bonchev–Trinajstić information content (AvgIpc) is 2.74. The van der Waals surface area contributed by atoms with Gasteiger partial charge in [0.15, 0.2) is 0 Å². The van der Waals surface area contributed by atoms with Crippen LogP contribution < -0.4 is 10.1 Å². The molecule has 0 aliphatic carbocycles. The van der Waals surface area contributed by atoms with Crippen LogP contribution in [0.4, 0.5) is 0 Å². The highest BCUT2D eigenvalue weighted by Gasteiger charge is 2.24. The second kappa shape index (κ2) is 5.09. The van der Waals surface area contributed by atoms with E-state index < -0.39 is 0 Å². The number of benzene rings is 1. The van der Waals surface area contributed by atoms with Gasteiger partial charge in [-0.1, -0.05) is 32.9 Å². The Balaban J connectivity index is 2.32. The van der Waals surface area contributed by atoms with E-state index >= 15 is 0 Å². The zero-order chi connectivity index (χ0) is 12.4. The van der Waals surface area contributed by atoms with Crippen LogP contribution in [0, 0.1) is 5.92 Å². The van der Waals surface area contributed by atoms with Crippen LogP contribution in [0.5, 0.6) is 5.75 Å². The minimum atomic E-state index is 0.457. The molecule has 1 N–H and O–H groups in total. The zero-order valence-corrected chi connectivity index (χ0v) is 11.3. The molecule has 1 fully saturated rings. The molecule has 0 unspecified atom stereocenters. The Hall–Kier alpha value is -1.02. The number of ether oxygens (including phenoxy) is 1. The van der Waals surface area contributed by atoms with E-state index in [1.165, 1.54) is 17.5 Å². The van der Waals surface area contributed by atoms with Crippen molar-refractivity contribution in [2.24, 2.45) is 5.92 Å². The second-order valence-corrected chi connectivity index (χ2v) is 5.46. The fourth-order valence-electron chi connectivity index (χ4n) is 2.53. The summed E-state index contributed by atoms with van der Waals surface area (Å²) in [5, 5.41) is 3.58. The van der Waals surface area contributed by atoms with Crippen LogP contribution in [0.3, 0.4) is 0 Å². The van der Waals surface area contributed by atoms with Crippen LogP contribution in [0.25, 0.3) is 0 Å². The van der Waals surface area contributed by atoms with Crippen molar-refractivity contribution in [1.82, 2.24) is 5.32 Å². The van der Waals surface area contributed by atoms with Crippen molar-refractivity contribution in [2.45, 2.75) is 39.2 Å². The number of hydrogen-bond donors (Lipinski definition) is 1. The first-order valence-electron chi connectivity index (χ1n) is 6.53. The highest BCUT2D eigenvalue weighted by molar-refractivity contribution is 5.41. The molecule has 0 amide bonds. The van der Waals surface area contributed by atoms with E-state index in [9.17, 15) is 0 Å². The van der Waals surface area contributed by atoms with Gasteiger partial charge in [0.05, 0.1) is 7.11 Å². The third-order valence-electron chi connectivity index (χ3n) is 3.65. The van der Waals surface area contributed by atoms with Crippen molar-refractivity contribution in [1.29, 1.82) is 0 Å².